The van der Waals surface area contributed by atoms with E-state index in [0.29, 0.717) is 25.4 Å². The summed E-state index contributed by atoms with van der Waals surface area (Å²) < 4.78 is 10.1. The van der Waals surface area contributed by atoms with Crippen molar-refractivity contribution in [3.05, 3.63) is 0 Å². The fourth-order valence-electron chi connectivity index (χ4n) is 2.38. The summed E-state index contributed by atoms with van der Waals surface area (Å²) in [4.78, 5) is 22.9. The second-order valence-electron chi connectivity index (χ2n) is 5.05. The Balaban J connectivity index is 1.92. The van der Waals surface area contributed by atoms with E-state index >= 15 is 0 Å². The second kappa shape index (κ2) is 5.04. The topological polar surface area (TPSA) is 76.1 Å². The Morgan fingerprint density at radius 3 is 2.65 bits per heavy atom. The van der Waals surface area contributed by atoms with Gasteiger partial charge in [-0.05, 0) is 25.2 Å². The normalized spacial score (nSPS) is 36.3. The van der Waals surface area contributed by atoms with Gasteiger partial charge in [-0.3, -0.25) is 9.59 Å². The van der Waals surface area contributed by atoms with Gasteiger partial charge < -0.3 is 14.6 Å². The van der Waals surface area contributed by atoms with Crippen LogP contribution in [0, 0.1) is 17.8 Å². The van der Waals surface area contributed by atoms with Crippen molar-refractivity contribution in [2.75, 3.05) is 13.2 Å². The predicted molar refractivity (Wildman–Crippen MR) is 58.3 cm³/mol. The lowest BCUT2D eigenvalue weighted by atomic mass is 9.74. The molecule has 1 aliphatic carbocycles. The molecule has 0 bridgehead atoms. The van der Waals surface area contributed by atoms with Crippen LogP contribution in [0.5, 0.6) is 0 Å². The van der Waals surface area contributed by atoms with Crippen molar-refractivity contribution >= 4 is 11.9 Å². The standard InChI is InChI=1S/C12H18O5/c1-7-2-3-9(11(13)14)10(4-7)12(15)17-6-8-5-16-8/h7-10H,2-6H2,1H3,(H,13,14). The van der Waals surface area contributed by atoms with E-state index in [1.54, 1.807) is 0 Å². The van der Waals surface area contributed by atoms with E-state index < -0.39 is 17.8 Å². The summed E-state index contributed by atoms with van der Waals surface area (Å²) in [5.74, 6) is -1.95. The quantitative estimate of drug-likeness (QED) is 0.589. The molecule has 5 nitrogen and oxygen atoms in total. The van der Waals surface area contributed by atoms with Crippen molar-refractivity contribution in [2.45, 2.75) is 32.3 Å². The molecule has 2 rings (SSSR count). The molecular weight excluding hydrogens is 224 g/mol. The summed E-state index contributed by atoms with van der Waals surface area (Å²) in [5.41, 5.74) is 0. The molecule has 1 saturated heterocycles. The van der Waals surface area contributed by atoms with Crippen LogP contribution in [0.25, 0.3) is 0 Å². The maximum absolute atomic E-state index is 11.8. The molecule has 2 aliphatic rings. The number of hydrogen-bond donors (Lipinski definition) is 1. The SMILES string of the molecule is CC1CCC(C(=O)O)C(C(=O)OCC2CO2)C1. The van der Waals surface area contributed by atoms with Gasteiger partial charge in [0.25, 0.3) is 0 Å². The van der Waals surface area contributed by atoms with Crippen molar-refractivity contribution in [3.63, 3.8) is 0 Å². The van der Waals surface area contributed by atoms with Gasteiger partial charge in [0.05, 0.1) is 18.4 Å². The van der Waals surface area contributed by atoms with Crippen LogP contribution in [0.15, 0.2) is 0 Å². The van der Waals surface area contributed by atoms with Gasteiger partial charge in [0.15, 0.2) is 0 Å². The number of epoxide rings is 1. The van der Waals surface area contributed by atoms with Crippen molar-refractivity contribution < 1.29 is 24.2 Å². The van der Waals surface area contributed by atoms with Crippen LogP contribution in [0.4, 0.5) is 0 Å². The molecule has 0 aromatic heterocycles. The Hall–Kier alpha value is -1.10. The second-order valence-corrected chi connectivity index (χ2v) is 5.05. The first kappa shape index (κ1) is 12.4. The monoisotopic (exact) mass is 242 g/mol. The lowest BCUT2D eigenvalue weighted by Gasteiger charge is -2.30. The Kier molecular flexibility index (Phi) is 3.66. The molecule has 5 heteroatoms. The number of carboxylic acids is 1. The van der Waals surface area contributed by atoms with Crippen LogP contribution in [-0.4, -0.2) is 36.4 Å². The van der Waals surface area contributed by atoms with Crippen LogP contribution in [0.3, 0.4) is 0 Å². The number of rotatable bonds is 4. The van der Waals surface area contributed by atoms with E-state index in [2.05, 4.69) is 0 Å². The van der Waals surface area contributed by atoms with Crippen LogP contribution < -0.4 is 0 Å². The highest BCUT2D eigenvalue weighted by Crippen LogP contribution is 2.34. The van der Waals surface area contributed by atoms with Crippen LogP contribution in [-0.2, 0) is 19.1 Å². The first-order valence-electron chi connectivity index (χ1n) is 6.09. The Morgan fingerprint density at radius 1 is 1.35 bits per heavy atom. The molecule has 0 spiro atoms. The molecule has 0 amide bonds. The number of carbonyl (C=O) groups excluding carboxylic acids is 1. The molecule has 1 N–H and O–H groups in total. The highest BCUT2D eigenvalue weighted by atomic mass is 16.6. The Morgan fingerprint density at radius 2 is 2.06 bits per heavy atom. The highest BCUT2D eigenvalue weighted by Gasteiger charge is 2.39. The van der Waals surface area contributed by atoms with Gasteiger partial charge >= 0.3 is 11.9 Å². The minimum Gasteiger partial charge on any atom is -0.481 e. The molecular formula is C12H18O5. The minimum absolute atomic E-state index is 0.0308. The van der Waals surface area contributed by atoms with Crippen LogP contribution in [0.1, 0.15) is 26.2 Å². The molecule has 1 heterocycles. The largest absolute Gasteiger partial charge is 0.481 e. The Labute approximate surface area is 100 Å². The fourth-order valence-corrected chi connectivity index (χ4v) is 2.38. The molecule has 17 heavy (non-hydrogen) atoms. The molecule has 2 fully saturated rings. The summed E-state index contributed by atoms with van der Waals surface area (Å²) >= 11 is 0. The van der Waals surface area contributed by atoms with E-state index in [0.717, 1.165) is 6.42 Å². The number of ether oxygens (including phenoxy) is 2. The van der Waals surface area contributed by atoms with Crippen molar-refractivity contribution in [3.8, 4) is 0 Å². The summed E-state index contributed by atoms with van der Waals surface area (Å²) in [5, 5.41) is 9.10. The average molecular weight is 242 g/mol. The maximum Gasteiger partial charge on any atom is 0.309 e. The zero-order chi connectivity index (χ0) is 12.4. The zero-order valence-electron chi connectivity index (χ0n) is 9.93. The van der Waals surface area contributed by atoms with E-state index in [1.807, 2.05) is 6.92 Å². The third kappa shape index (κ3) is 3.19. The highest BCUT2D eigenvalue weighted by molar-refractivity contribution is 5.81. The van der Waals surface area contributed by atoms with Crippen molar-refractivity contribution in [1.29, 1.82) is 0 Å². The van der Waals surface area contributed by atoms with Crippen molar-refractivity contribution in [2.24, 2.45) is 17.8 Å². The van der Waals surface area contributed by atoms with Crippen molar-refractivity contribution in [1.82, 2.24) is 0 Å². The number of carbonyl (C=O) groups is 2. The van der Waals surface area contributed by atoms with Crippen LogP contribution >= 0.6 is 0 Å². The molecule has 1 saturated carbocycles. The predicted octanol–water partition coefficient (Wildman–Crippen LogP) is 1.07. The number of hydrogen-bond acceptors (Lipinski definition) is 4. The van der Waals surface area contributed by atoms with E-state index in [9.17, 15) is 9.59 Å². The molecule has 96 valence electrons. The molecule has 1 aliphatic heterocycles. The van der Waals surface area contributed by atoms with Gasteiger partial charge in [0, 0.05) is 0 Å². The summed E-state index contributed by atoms with van der Waals surface area (Å²) in [6.07, 6.45) is 2.08. The lowest BCUT2D eigenvalue weighted by molar-refractivity contribution is -0.160. The van der Waals surface area contributed by atoms with E-state index in [1.165, 1.54) is 0 Å². The average Bonchev–Trinajstić information content (AvgIpc) is 3.09. The lowest BCUT2D eigenvalue weighted by Crippen LogP contribution is -2.36. The van der Waals surface area contributed by atoms with Gasteiger partial charge in [-0.15, -0.1) is 0 Å². The summed E-state index contributed by atoms with van der Waals surface area (Å²) in [7, 11) is 0. The van der Waals surface area contributed by atoms with Crippen LogP contribution in [0.2, 0.25) is 0 Å². The molecule has 4 unspecified atom stereocenters. The number of esters is 1. The van der Waals surface area contributed by atoms with E-state index in [4.69, 9.17) is 14.6 Å². The van der Waals surface area contributed by atoms with Gasteiger partial charge in [0.1, 0.15) is 12.7 Å². The minimum atomic E-state index is -0.887. The first-order valence-corrected chi connectivity index (χ1v) is 6.09. The van der Waals surface area contributed by atoms with E-state index in [-0.39, 0.29) is 18.7 Å². The van der Waals surface area contributed by atoms with Gasteiger partial charge in [0.2, 0.25) is 0 Å². The summed E-state index contributed by atoms with van der Waals surface area (Å²) in [6.45, 7) is 2.94. The first-order chi connectivity index (χ1) is 8.08. The maximum atomic E-state index is 11.8. The number of aliphatic carboxylic acids is 1. The summed E-state index contributed by atoms with van der Waals surface area (Å²) in [6, 6.07) is 0. The third-order valence-electron chi connectivity index (χ3n) is 3.55. The third-order valence-corrected chi connectivity index (χ3v) is 3.55. The Bertz CT molecular complexity index is 310. The number of carboxylic acid groups (broad SMARTS) is 1. The molecule has 0 radical (unpaired) electrons. The molecule has 0 aromatic rings. The fraction of sp³-hybridized carbons (Fsp3) is 0.833. The zero-order valence-corrected chi connectivity index (χ0v) is 9.93. The van der Waals surface area contributed by atoms with Gasteiger partial charge in [-0.2, -0.15) is 0 Å². The molecule has 4 atom stereocenters. The molecule has 0 aromatic carbocycles. The van der Waals surface area contributed by atoms with Gasteiger partial charge in [-0.25, -0.2) is 0 Å². The smallest absolute Gasteiger partial charge is 0.309 e. The van der Waals surface area contributed by atoms with Gasteiger partial charge in [-0.1, -0.05) is 6.92 Å².